The second kappa shape index (κ2) is 8.57. The molecular formula is C23H20ClN3O2S2. The lowest BCUT2D eigenvalue weighted by molar-refractivity contribution is -0.120. The summed E-state index contributed by atoms with van der Waals surface area (Å²) in [6.45, 7) is 1.76. The fourth-order valence-corrected chi connectivity index (χ4v) is 6.09. The smallest absolute Gasteiger partial charge is 0.238 e. The summed E-state index contributed by atoms with van der Waals surface area (Å²) in [6.07, 6.45) is 1.11. The van der Waals surface area contributed by atoms with Crippen molar-refractivity contribution in [2.45, 2.75) is 29.5 Å². The van der Waals surface area contributed by atoms with Crippen molar-refractivity contribution in [2.75, 3.05) is 22.1 Å². The molecule has 1 aromatic heterocycles. The molecule has 2 N–H and O–H groups in total. The number of nitrogens with zero attached hydrogens (tertiary/aromatic N) is 1. The van der Waals surface area contributed by atoms with Crippen molar-refractivity contribution >= 4 is 63.6 Å². The highest BCUT2D eigenvalue weighted by Crippen LogP contribution is 2.39. The van der Waals surface area contributed by atoms with E-state index in [1.165, 1.54) is 22.2 Å². The Kier molecular flexibility index (Phi) is 5.65. The van der Waals surface area contributed by atoms with E-state index in [1.54, 1.807) is 12.1 Å². The Morgan fingerprint density at radius 1 is 1.23 bits per heavy atom. The number of amides is 2. The van der Waals surface area contributed by atoms with E-state index in [2.05, 4.69) is 27.0 Å². The molecule has 1 unspecified atom stereocenters. The third kappa shape index (κ3) is 4.31. The van der Waals surface area contributed by atoms with Gasteiger partial charge in [0.05, 0.1) is 22.3 Å². The minimum Gasteiger partial charge on any atom is -0.365 e. The molecule has 3 heterocycles. The Morgan fingerprint density at radius 3 is 3.00 bits per heavy atom. The SMILES string of the molecule is O=C(CC1Sc2ccc(Cl)cc2NC1=O)Nc1ccccc1N1CCc2sccc2C1. The summed E-state index contributed by atoms with van der Waals surface area (Å²) in [5, 5.41) is 8.12. The van der Waals surface area contributed by atoms with E-state index in [0.29, 0.717) is 10.7 Å². The van der Waals surface area contributed by atoms with Crippen LogP contribution in [0.2, 0.25) is 5.02 Å². The van der Waals surface area contributed by atoms with Gasteiger partial charge in [0.15, 0.2) is 0 Å². The third-order valence-corrected chi connectivity index (χ3v) is 7.99. The van der Waals surface area contributed by atoms with Crippen LogP contribution < -0.4 is 15.5 Å². The van der Waals surface area contributed by atoms with Gasteiger partial charge in [-0.25, -0.2) is 0 Å². The van der Waals surface area contributed by atoms with Crippen LogP contribution in [0.4, 0.5) is 17.1 Å². The van der Waals surface area contributed by atoms with Gasteiger partial charge in [-0.2, -0.15) is 0 Å². The van der Waals surface area contributed by atoms with Crippen molar-refractivity contribution in [1.29, 1.82) is 0 Å². The maximum absolute atomic E-state index is 12.8. The topological polar surface area (TPSA) is 61.4 Å². The first-order valence-corrected chi connectivity index (χ1v) is 12.2. The molecule has 0 fully saturated rings. The first-order chi connectivity index (χ1) is 15.1. The molecular weight excluding hydrogens is 450 g/mol. The van der Waals surface area contributed by atoms with Gasteiger partial charge in [0.25, 0.3) is 0 Å². The van der Waals surface area contributed by atoms with Crippen LogP contribution in [0.15, 0.2) is 58.8 Å². The van der Waals surface area contributed by atoms with Gasteiger partial charge in [0.2, 0.25) is 11.8 Å². The quantitative estimate of drug-likeness (QED) is 0.536. The summed E-state index contributed by atoms with van der Waals surface area (Å²) in [4.78, 5) is 30.0. The molecule has 2 amide bonds. The summed E-state index contributed by atoms with van der Waals surface area (Å²) < 4.78 is 0. The molecule has 1 atom stereocenters. The highest BCUT2D eigenvalue weighted by atomic mass is 35.5. The Labute approximate surface area is 193 Å². The number of anilines is 3. The predicted molar refractivity (Wildman–Crippen MR) is 128 cm³/mol. The molecule has 3 aromatic rings. The van der Waals surface area contributed by atoms with Gasteiger partial charge in [-0.15, -0.1) is 23.1 Å². The number of hydrogen-bond donors (Lipinski definition) is 2. The predicted octanol–water partition coefficient (Wildman–Crippen LogP) is 5.41. The first kappa shape index (κ1) is 20.4. The second-order valence-electron chi connectivity index (χ2n) is 7.55. The highest BCUT2D eigenvalue weighted by molar-refractivity contribution is 8.01. The number of benzene rings is 2. The van der Waals surface area contributed by atoms with Gasteiger partial charge in [0.1, 0.15) is 0 Å². The number of hydrogen-bond acceptors (Lipinski definition) is 5. The van der Waals surface area contributed by atoms with Gasteiger partial charge < -0.3 is 15.5 Å². The largest absolute Gasteiger partial charge is 0.365 e. The molecule has 2 aromatic carbocycles. The Hall–Kier alpha value is -2.48. The first-order valence-electron chi connectivity index (χ1n) is 10.0. The fraction of sp³-hybridized carbons (Fsp3) is 0.217. The number of nitrogens with one attached hydrogen (secondary N) is 2. The zero-order valence-corrected chi connectivity index (χ0v) is 18.9. The van der Waals surface area contributed by atoms with Gasteiger partial charge in [0, 0.05) is 34.3 Å². The number of para-hydroxylation sites is 2. The van der Waals surface area contributed by atoms with E-state index >= 15 is 0 Å². The number of fused-ring (bicyclic) bond motifs is 2. The van der Waals surface area contributed by atoms with E-state index in [9.17, 15) is 9.59 Å². The Morgan fingerprint density at radius 2 is 2.10 bits per heavy atom. The molecule has 8 heteroatoms. The number of carbonyl (C=O) groups excluding carboxylic acids is 2. The monoisotopic (exact) mass is 469 g/mol. The molecule has 5 nitrogen and oxygen atoms in total. The number of thiophene rings is 1. The van der Waals surface area contributed by atoms with E-state index in [4.69, 9.17) is 11.6 Å². The summed E-state index contributed by atoms with van der Waals surface area (Å²) in [7, 11) is 0. The molecule has 0 bridgehead atoms. The van der Waals surface area contributed by atoms with E-state index < -0.39 is 5.25 Å². The third-order valence-electron chi connectivity index (χ3n) is 5.46. The van der Waals surface area contributed by atoms with Crippen molar-refractivity contribution in [3.8, 4) is 0 Å². The van der Waals surface area contributed by atoms with Crippen LogP contribution in [0.3, 0.4) is 0 Å². The second-order valence-corrected chi connectivity index (χ2v) is 10.2. The highest BCUT2D eigenvalue weighted by Gasteiger charge is 2.29. The summed E-state index contributed by atoms with van der Waals surface area (Å²) in [5.41, 5.74) is 3.84. The number of rotatable bonds is 4. The summed E-state index contributed by atoms with van der Waals surface area (Å²) in [6, 6.07) is 15.4. The molecule has 0 radical (unpaired) electrons. The lowest BCUT2D eigenvalue weighted by Crippen LogP contribution is -2.33. The molecule has 0 saturated heterocycles. The molecule has 2 aliphatic heterocycles. The van der Waals surface area contributed by atoms with Gasteiger partial charge >= 0.3 is 0 Å². The Bertz CT molecular complexity index is 1160. The van der Waals surface area contributed by atoms with Crippen LogP contribution in [-0.2, 0) is 22.6 Å². The van der Waals surface area contributed by atoms with Crippen molar-refractivity contribution in [2.24, 2.45) is 0 Å². The van der Waals surface area contributed by atoms with Crippen LogP contribution in [0.1, 0.15) is 16.9 Å². The standard InChI is InChI=1S/C23H20ClN3O2S2/c24-15-5-6-20-17(11-15)26-23(29)21(31-20)12-22(28)25-16-3-1-2-4-18(16)27-9-7-19-14(13-27)8-10-30-19/h1-6,8,10-11,21H,7,9,12-13H2,(H,25,28)(H,26,29). The van der Waals surface area contributed by atoms with Crippen molar-refractivity contribution in [3.63, 3.8) is 0 Å². The van der Waals surface area contributed by atoms with Crippen molar-refractivity contribution < 1.29 is 9.59 Å². The zero-order valence-electron chi connectivity index (χ0n) is 16.6. The lowest BCUT2D eigenvalue weighted by atomic mass is 10.1. The van der Waals surface area contributed by atoms with Gasteiger partial charge in [-0.3, -0.25) is 9.59 Å². The average molecular weight is 470 g/mol. The van der Waals surface area contributed by atoms with Crippen LogP contribution in [0.25, 0.3) is 0 Å². The fourth-order valence-electron chi connectivity index (χ4n) is 3.94. The van der Waals surface area contributed by atoms with Crippen molar-refractivity contribution in [1.82, 2.24) is 0 Å². The summed E-state index contributed by atoms with van der Waals surface area (Å²) in [5.74, 6) is -0.352. The molecule has 0 saturated carbocycles. The van der Waals surface area contributed by atoms with Crippen LogP contribution in [-0.4, -0.2) is 23.6 Å². The minimum atomic E-state index is -0.482. The number of thioether (sulfide) groups is 1. The lowest BCUT2D eigenvalue weighted by Gasteiger charge is -2.31. The Balaban J connectivity index is 1.28. The van der Waals surface area contributed by atoms with Crippen LogP contribution in [0.5, 0.6) is 0 Å². The normalized spacial score (nSPS) is 17.5. The van der Waals surface area contributed by atoms with Crippen molar-refractivity contribution in [3.05, 3.63) is 69.4 Å². The molecule has 0 aliphatic carbocycles. The van der Waals surface area contributed by atoms with E-state index in [1.807, 2.05) is 41.7 Å². The molecule has 158 valence electrons. The molecule has 0 spiro atoms. The molecule has 5 rings (SSSR count). The maximum Gasteiger partial charge on any atom is 0.238 e. The average Bonchev–Trinajstić information content (AvgIpc) is 3.23. The van der Waals surface area contributed by atoms with E-state index in [0.717, 1.165) is 35.8 Å². The summed E-state index contributed by atoms with van der Waals surface area (Å²) >= 11 is 9.21. The number of halogens is 1. The molecule has 2 aliphatic rings. The zero-order chi connectivity index (χ0) is 21.4. The van der Waals surface area contributed by atoms with Crippen LogP contribution in [0, 0.1) is 0 Å². The van der Waals surface area contributed by atoms with Gasteiger partial charge in [-0.1, -0.05) is 23.7 Å². The minimum absolute atomic E-state index is 0.0988. The maximum atomic E-state index is 12.8. The van der Waals surface area contributed by atoms with E-state index in [-0.39, 0.29) is 18.2 Å². The van der Waals surface area contributed by atoms with Gasteiger partial charge in [-0.05, 0) is 53.8 Å². The van der Waals surface area contributed by atoms with Crippen LogP contribution >= 0.6 is 34.7 Å². The number of carbonyl (C=O) groups is 2. The molecule has 31 heavy (non-hydrogen) atoms.